The third-order valence-corrected chi connectivity index (χ3v) is 5.29. The molecule has 18 heavy (non-hydrogen) atoms. The van der Waals surface area contributed by atoms with Crippen molar-refractivity contribution >= 4 is 17.7 Å². The molecule has 1 aliphatic rings. The predicted molar refractivity (Wildman–Crippen MR) is 75.0 cm³/mol. The molecule has 3 N–H and O–H groups in total. The van der Waals surface area contributed by atoms with Crippen LogP contribution in [-0.2, 0) is 4.79 Å². The molecule has 0 spiro atoms. The molecule has 0 aromatic heterocycles. The maximum atomic E-state index is 11.5. The van der Waals surface area contributed by atoms with Crippen LogP contribution in [0.25, 0.3) is 0 Å². The van der Waals surface area contributed by atoms with E-state index in [1.54, 1.807) is 18.7 Å². The number of carboxylic acids is 1. The van der Waals surface area contributed by atoms with Crippen molar-refractivity contribution < 1.29 is 15.0 Å². The minimum Gasteiger partial charge on any atom is -0.480 e. The van der Waals surface area contributed by atoms with Gasteiger partial charge >= 0.3 is 5.97 Å². The predicted octanol–water partition coefficient (Wildman–Crippen LogP) is 1.86. The summed E-state index contributed by atoms with van der Waals surface area (Å²) >= 11 is 1.72. The molecule has 0 bridgehead atoms. The molecule has 0 amide bonds. The number of aliphatic hydroxyl groups is 1. The first-order chi connectivity index (χ1) is 8.41. The van der Waals surface area contributed by atoms with Crippen LogP contribution < -0.4 is 5.32 Å². The normalized spacial score (nSPS) is 31.2. The Kier molecular flexibility index (Phi) is 5.95. The number of carbonyl (C=O) groups is 1. The lowest BCUT2D eigenvalue weighted by Crippen LogP contribution is -2.50. The highest BCUT2D eigenvalue weighted by Crippen LogP contribution is 2.39. The van der Waals surface area contributed by atoms with Gasteiger partial charge < -0.3 is 15.5 Å². The quantitative estimate of drug-likeness (QED) is 0.661. The first-order valence-corrected chi connectivity index (χ1v) is 7.67. The van der Waals surface area contributed by atoms with Gasteiger partial charge in [0, 0.05) is 10.5 Å². The fraction of sp³-hybridized carbons (Fsp3) is 0.923. The molecule has 1 rings (SSSR count). The van der Waals surface area contributed by atoms with Crippen molar-refractivity contribution in [1.82, 2.24) is 5.32 Å². The zero-order valence-corrected chi connectivity index (χ0v) is 12.3. The average molecular weight is 275 g/mol. The fourth-order valence-corrected chi connectivity index (χ4v) is 3.80. The number of thioether (sulfide) groups is 1. The zero-order valence-electron chi connectivity index (χ0n) is 11.5. The van der Waals surface area contributed by atoms with Crippen LogP contribution in [0.3, 0.4) is 0 Å². The Morgan fingerprint density at radius 3 is 2.72 bits per heavy atom. The van der Waals surface area contributed by atoms with E-state index >= 15 is 0 Å². The highest BCUT2D eigenvalue weighted by Gasteiger charge is 2.45. The van der Waals surface area contributed by atoms with Gasteiger partial charge in [0.15, 0.2) is 0 Å². The average Bonchev–Trinajstić information content (AvgIpc) is 2.71. The van der Waals surface area contributed by atoms with E-state index in [2.05, 4.69) is 5.32 Å². The smallest absolute Gasteiger partial charge is 0.323 e. The molecule has 1 saturated carbocycles. The van der Waals surface area contributed by atoms with Crippen LogP contribution in [0.4, 0.5) is 0 Å². The van der Waals surface area contributed by atoms with Crippen LogP contribution in [0.5, 0.6) is 0 Å². The molecule has 4 nitrogen and oxygen atoms in total. The number of rotatable bonds is 7. The molecule has 5 heteroatoms. The number of nitrogens with one attached hydrogen (secondary N) is 1. The van der Waals surface area contributed by atoms with E-state index in [-0.39, 0.29) is 11.4 Å². The van der Waals surface area contributed by atoms with Crippen molar-refractivity contribution in [2.45, 2.75) is 68.6 Å². The molecule has 4 atom stereocenters. The second-order valence-corrected chi connectivity index (χ2v) is 6.94. The van der Waals surface area contributed by atoms with Gasteiger partial charge in [0.05, 0.1) is 6.10 Å². The Hall–Kier alpha value is -0.260. The minimum atomic E-state index is -0.744. The summed E-state index contributed by atoms with van der Waals surface area (Å²) in [6.07, 6.45) is 2.84. The molecular weight excluding hydrogens is 250 g/mol. The van der Waals surface area contributed by atoms with Crippen molar-refractivity contribution in [2.24, 2.45) is 0 Å². The van der Waals surface area contributed by atoms with E-state index in [4.69, 9.17) is 0 Å². The number of aliphatic hydroxyl groups excluding tert-OH is 1. The molecule has 0 radical (unpaired) electrons. The van der Waals surface area contributed by atoms with Crippen molar-refractivity contribution in [3.63, 3.8) is 0 Å². The Labute approximate surface area is 114 Å². The van der Waals surface area contributed by atoms with Crippen LogP contribution in [0.2, 0.25) is 0 Å². The number of hydrogen-bond acceptors (Lipinski definition) is 4. The van der Waals surface area contributed by atoms with Gasteiger partial charge in [-0.1, -0.05) is 13.8 Å². The Morgan fingerprint density at radius 2 is 2.22 bits per heavy atom. The van der Waals surface area contributed by atoms with Crippen LogP contribution in [-0.4, -0.2) is 44.9 Å². The summed E-state index contributed by atoms with van der Waals surface area (Å²) in [4.78, 5) is 11.5. The zero-order chi connectivity index (χ0) is 13.8. The first-order valence-electron chi connectivity index (χ1n) is 6.73. The van der Waals surface area contributed by atoms with Crippen LogP contribution in [0, 0.1) is 0 Å². The van der Waals surface area contributed by atoms with Gasteiger partial charge in [-0.25, -0.2) is 0 Å². The van der Waals surface area contributed by atoms with Crippen molar-refractivity contribution in [1.29, 1.82) is 0 Å². The van der Waals surface area contributed by atoms with Crippen LogP contribution in [0.15, 0.2) is 0 Å². The standard InChI is InChI=1S/C13H25NO3S/c1-4-7-14-13(12(16)17)6-5-11(8-13)18-10(3)9(2)15/h9-11,14-15H,4-8H2,1-3H3,(H,16,17). The maximum Gasteiger partial charge on any atom is 0.323 e. The lowest BCUT2D eigenvalue weighted by Gasteiger charge is -2.26. The monoisotopic (exact) mass is 275 g/mol. The van der Waals surface area contributed by atoms with Crippen molar-refractivity contribution in [3.8, 4) is 0 Å². The third kappa shape index (κ3) is 3.87. The van der Waals surface area contributed by atoms with Gasteiger partial charge in [0.2, 0.25) is 0 Å². The molecular formula is C13H25NO3S. The molecule has 0 heterocycles. The molecule has 106 valence electrons. The molecule has 0 aromatic carbocycles. The van der Waals surface area contributed by atoms with E-state index in [9.17, 15) is 15.0 Å². The second kappa shape index (κ2) is 6.78. The first kappa shape index (κ1) is 15.8. The molecule has 1 aliphatic carbocycles. The van der Waals surface area contributed by atoms with Gasteiger partial charge in [-0.15, -0.1) is 0 Å². The van der Waals surface area contributed by atoms with Gasteiger partial charge in [0.25, 0.3) is 0 Å². The summed E-state index contributed by atoms with van der Waals surface area (Å²) in [5, 5.41) is 22.6. The second-order valence-electron chi connectivity index (χ2n) is 5.26. The topological polar surface area (TPSA) is 69.6 Å². The lowest BCUT2D eigenvalue weighted by molar-refractivity contribution is -0.144. The van der Waals surface area contributed by atoms with E-state index in [0.29, 0.717) is 18.1 Å². The van der Waals surface area contributed by atoms with Gasteiger partial charge in [-0.3, -0.25) is 4.79 Å². The number of aliphatic carboxylic acids is 1. The highest BCUT2D eigenvalue weighted by atomic mass is 32.2. The number of carboxylic acid groups (broad SMARTS) is 1. The van der Waals surface area contributed by atoms with Gasteiger partial charge in [-0.05, 0) is 39.2 Å². The highest BCUT2D eigenvalue weighted by molar-refractivity contribution is 8.00. The van der Waals surface area contributed by atoms with Crippen molar-refractivity contribution in [3.05, 3.63) is 0 Å². The molecule has 0 aliphatic heterocycles. The summed E-state index contributed by atoms with van der Waals surface area (Å²) in [7, 11) is 0. The molecule has 0 aromatic rings. The van der Waals surface area contributed by atoms with E-state index in [0.717, 1.165) is 19.4 Å². The van der Waals surface area contributed by atoms with E-state index in [1.807, 2.05) is 13.8 Å². The Balaban J connectivity index is 2.57. The Bertz CT molecular complexity index is 285. The van der Waals surface area contributed by atoms with Gasteiger partial charge in [0.1, 0.15) is 5.54 Å². The summed E-state index contributed by atoms with van der Waals surface area (Å²) in [5.74, 6) is -0.733. The van der Waals surface area contributed by atoms with E-state index in [1.165, 1.54) is 0 Å². The lowest BCUT2D eigenvalue weighted by atomic mass is 9.98. The molecule has 0 saturated heterocycles. The van der Waals surface area contributed by atoms with Crippen LogP contribution >= 0.6 is 11.8 Å². The fourth-order valence-electron chi connectivity index (χ4n) is 2.33. The van der Waals surface area contributed by atoms with Crippen molar-refractivity contribution in [2.75, 3.05) is 6.54 Å². The summed E-state index contributed by atoms with van der Waals surface area (Å²) in [6.45, 7) is 6.57. The number of hydrogen-bond donors (Lipinski definition) is 3. The SMILES string of the molecule is CCCNC1(C(=O)O)CCC(SC(C)C(C)O)C1. The maximum absolute atomic E-state index is 11.5. The largest absolute Gasteiger partial charge is 0.480 e. The summed E-state index contributed by atoms with van der Waals surface area (Å²) < 4.78 is 0. The molecule has 4 unspecified atom stereocenters. The minimum absolute atomic E-state index is 0.158. The van der Waals surface area contributed by atoms with E-state index < -0.39 is 11.5 Å². The third-order valence-electron chi connectivity index (χ3n) is 3.68. The summed E-state index contributed by atoms with van der Waals surface area (Å²) in [6, 6.07) is 0. The van der Waals surface area contributed by atoms with Crippen LogP contribution in [0.1, 0.15) is 46.5 Å². The molecule has 1 fully saturated rings. The Morgan fingerprint density at radius 1 is 1.56 bits per heavy atom. The summed E-state index contributed by atoms with van der Waals surface area (Å²) in [5.41, 5.74) is -0.744. The van der Waals surface area contributed by atoms with Gasteiger partial charge in [-0.2, -0.15) is 11.8 Å².